The molecule has 3 aromatic heterocycles. The van der Waals surface area contributed by atoms with Crippen LogP contribution in [0.25, 0.3) is 33.3 Å². The number of nitrogens with zero attached hydrogens (tertiary/aromatic N) is 5. The fraction of sp³-hybridized carbons (Fsp3) is 0.0909. The molecule has 0 saturated heterocycles. The largest absolute Gasteiger partial charge is 0.323 e. The maximum Gasteiger partial charge on any atom is 0.180 e. The zero-order chi connectivity index (χ0) is 18.2. The lowest BCUT2D eigenvalue weighted by atomic mass is 9.99. The van der Waals surface area contributed by atoms with Gasteiger partial charge in [0, 0.05) is 10.9 Å². The van der Waals surface area contributed by atoms with E-state index in [0.717, 1.165) is 33.2 Å². The average Bonchev–Trinajstić information content (AvgIpc) is 3.11. The second kappa shape index (κ2) is 6.29. The van der Waals surface area contributed by atoms with Gasteiger partial charge in [0.1, 0.15) is 11.8 Å². The fourth-order valence-corrected chi connectivity index (χ4v) is 3.47. The lowest BCUT2D eigenvalue weighted by Gasteiger charge is -2.14. The van der Waals surface area contributed by atoms with Gasteiger partial charge in [0.25, 0.3) is 0 Å². The van der Waals surface area contributed by atoms with Gasteiger partial charge >= 0.3 is 0 Å². The molecule has 130 valence electrons. The molecule has 0 atom stereocenters. The van der Waals surface area contributed by atoms with Crippen molar-refractivity contribution >= 4 is 22.1 Å². The fourth-order valence-electron chi connectivity index (χ4n) is 3.47. The van der Waals surface area contributed by atoms with Crippen molar-refractivity contribution in [1.82, 2.24) is 24.5 Å². The topological polar surface area (TPSA) is 56.5 Å². The quantitative estimate of drug-likeness (QED) is 0.483. The van der Waals surface area contributed by atoms with Crippen LogP contribution in [-0.4, -0.2) is 24.5 Å². The Kier molecular flexibility index (Phi) is 3.64. The third-order valence-electron chi connectivity index (χ3n) is 4.85. The van der Waals surface area contributed by atoms with Gasteiger partial charge in [-0.2, -0.15) is 0 Å². The summed E-state index contributed by atoms with van der Waals surface area (Å²) in [5.74, 6) is 0. The summed E-state index contributed by atoms with van der Waals surface area (Å²) in [6, 6.07) is 18.8. The highest BCUT2D eigenvalue weighted by Crippen LogP contribution is 2.29. The Bertz CT molecular complexity index is 1270. The van der Waals surface area contributed by atoms with Crippen LogP contribution in [-0.2, 0) is 6.54 Å². The van der Waals surface area contributed by atoms with Gasteiger partial charge in [0.2, 0.25) is 0 Å². The predicted molar refractivity (Wildman–Crippen MR) is 106 cm³/mol. The number of aromatic nitrogens is 5. The van der Waals surface area contributed by atoms with Gasteiger partial charge in [-0.1, -0.05) is 42.5 Å². The molecule has 5 nitrogen and oxygen atoms in total. The molecule has 0 bridgehead atoms. The van der Waals surface area contributed by atoms with Crippen molar-refractivity contribution in [3.63, 3.8) is 0 Å². The van der Waals surface area contributed by atoms with E-state index >= 15 is 0 Å². The van der Waals surface area contributed by atoms with Crippen molar-refractivity contribution in [2.75, 3.05) is 0 Å². The van der Waals surface area contributed by atoms with Crippen LogP contribution in [0.1, 0.15) is 11.1 Å². The van der Waals surface area contributed by atoms with Crippen LogP contribution in [0.4, 0.5) is 0 Å². The summed E-state index contributed by atoms with van der Waals surface area (Å²) >= 11 is 0. The van der Waals surface area contributed by atoms with Gasteiger partial charge in [0.15, 0.2) is 5.65 Å². The number of hydrogen-bond donors (Lipinski definition) is 0. The normalized spacial score (nSPS) is 11.3. The first-order chi connectivity index (χ1) is 13.3. The summed E-state index contributed by atoms with van der Waals surface area (Å²) in [7, 11) is 0. The molecule has 0 aliphatic heterocycles. The third kappa shape index (κ3) is 2.73. The molecule has 0 unspecified atom stereocenters. The molecule has 0 saturated carbocycles. The van der Waals surface area contributed by atoms with Gasteiger partial charge in [-0.05, 0) is 30.2 Å². The molecule has 3 heterocycles. The van der Waals surface area contributed by atoms with E-state index in [1.807, 2.05) is 18.5 Å². The van der Waals surface area contributed by atoms with Crippen molar-refractivity contribution in [1.29, 1.82) is 0 Å². The predicted octanol–water partition coefficient (Wildman–Crippen LogP) is 4.40. The van der Waals surface area contributed by atoms with Crippen molar-refractivity contribution in [2.45, 2.75) is 13.5 Å². The molecule has 5 heteroatoms. The Morgan fingerprint density at radius 2 is 1.81 bits per heavy atom. The van der Waals surface area contributed by atoms with Gasteiger partial charge in [0.05, 0.1) is 30.3 Å². The Labute approximate surface area is 156 Å². The zero-order valence-electron chi connectivity index (χ0n) is 14.9. The Morgan fingerprint density at radius 3 is 2.74 bits per heavy atom. The average molecular weight is 351 g/mol. The summed E-state index contributed by atoms with van der Waals surface area (Å²) < 4.78 is 2.07. The first kappa shape index (κ1) is 15.6. The number of imidazole rings is 1. The number of aryl methyl sites for hydroxylation is 1. The molecule has 0 spiro atoms. The summed E-state index contributed by atoms with van der Waals surface area (Å²) in [6.07, 6.45) is 5.14. The van der Waals surface area contributed by atoms with Crippen LogP contribution >= 0.6 is 0 Å². The van der Waals surface area contributed by atoms with E-state index in [4.69, 9.17) is 4.98 Å². The van der Waals surface area contributed by atoms with Crippen molar-refractivity contribution < 1.29 is 0 Å². The molecule has 0 radical (unpaired) electrons. The van der Waals surface area contributed by atoms with Crippen LogP contribution in [0.2, 0.25) is 0 Å². The minimum absolute atomic E-state index is 0.658. The molecule has 0 aliphatic rings. The molecule has 0 amide bonds. The summed E-state index contributed by atoms with van der Waals surface area (Å²) in [6.45, 7) is 2.78. The van der Waals surface area contributed by atoms with Gasteiger partial charge in [-0.3, -0.25) is 0 Å². The second-order valence-electron chi connectivity index (χ2n) is 6.61. The van der Waals surface area contributed by atoms with E-state index < -0.39 is 0 Å². The first-order valence-electron chi connectivity index (χ1n) is 8.85. The number of benzene rings is 2. The van der Waals surface area contributed by atoms with Crippen LogP contribution in [0.15, 0.2) is 73.4 Å². The second-order valence-corrected chi connectivity index (χ2v) is 6.61. The van der Waals surface area contributed by atoms with E-state index in [1.165, 1.54) is 11.9 Å². The SMILES string of the molecule is Cc1ccccc1-c1nc2ccccc2cc1Cn1cnc2ncncc21. The Hall–Kier alpha value is -3.60. The molecule has 5 rings (SSSR count). The molecule has 27 heavy (non-hydrogen) atoms. The van der Waals surface area contributed by atoms with Crippen molar-refractivity contribution in [2.24, 2.45) is 0 Å². The van der Waals surface area contributed by atoms with Crippen LogP contribution in [0.5, 0.6) is 0 Å². The molecular weight excluding hydrogens is 334 g/mol. The number of fused-ring (bicyclic) bond motifs is 2. The smallest absolute Gasteiger partial charge is 0.180 e. The molecule has 2 aromatic carbocycles. The number of hydrogen-bond acceptors (Lipinski definition) is 4. The molecule has 0 aliphatic carbocycles. The lowest BCUT2D eigenvalue weighted by Crippen LogP contribution is -2.03. The summed E-state index contributed by atoms with van der Waals surface area (Å²) in [4.78, 5) is 17.8. The molecule has 5 aromatic rings. The van der Waals surface area contributed by atoms with Crippen LogP contribution in [0, 0.1) is 6.92 Å². The van der Waals surface area contributed by atoms with E-state index in [9.17, 15) is 0 Å². The third-order valence-corrected chi connectivity index (χ3v) is 4.85. The van der Waals surface area contributed by atoms with E-state index in [2.05, 4.69) is 68.9 Å². The van der Waals surface area contributed by atoms with Crippen molar-refractivity contribution in [3.05, 3.63) is 84.6 Å². The standard InChI is InChI=1S/C22H17N5/c1-15-6-2-4-8-18(15)21-17(10-16-7-3-5-9-19(16)26-21)12-27-14-25-22-20(27)11-23-13-24-22/h2-11,13-14H,12H2,1H3. The Balaban J connectivity index is 1.72. The van der Waals surface area contributed by atoms with Gasteiger partial charge in [-0.15, -0.1) is 0 Å². The minimum atomic E-state index is 0.658. The summed E-state index contributed by atoms with van der Waals surface area (Å²) in [5, 5.41) is 1.13. The van der Waals surface area contributed by atoms with E-state index in [1.54, 1.807) is 6.20 Å². The molecule has 0 fully saturated rings. The van der Waals surface area contributed by atoms with E-state index in [0.29, 0.717) is 12.2 Å². The minimum Gasteiger partial charge on any atom is -0.323 e. The molecular formula is C22H17N5. The lowest BCUT2D eigenvalue weighted by molar-refractivity contribution is 0.822. The highest BCUT2D eigenvalue weighted by atomic mass is 15.1. The van der Waals surface area contributed by atoms with Crippen LogP contribution < -0.4 is 0 Å². The van der Waals surface area contributed by atoms with Gasteiger partial charge < -0.3 is 4.57 Å². The van der Waals surface area contributed by atoms with E-state index in [-0.39, 0.29) is 0 Å². The number of rotatable bonds is 3. The number of para-hydroxylation sites is 1. The summed E-state index contributed by atoms with van der Waals surface area (Å²) in [5.41, 5.74) is 7.13. The Morgan fingerprint density at radius 1 is 0.963 bits per heavy atom. The van der Waals surface area contributed by atoms with Crippen LogP contribution in [0.3, 0.4) is 0 Å². The van der Waals surface area contributed by atoms with Gasteiger partial charge in [-0.25, -0.2) is 19.9 Å². The monoisotopic (exact) mass is 351 g/mol. The maximum atomic E-state index is 5.00. The first-order valence-corrected chi connectivity index (χ1v) is 8.85. The maximum absolute atomic E-state index is 5.00. The number of pyridine rings is 1. The molecule has 0 N–H and O–H groups in total. The zero-order valence-corrected chi connectivity index (χ0v) is 14.9. The highest BCUT2D eigenvalue weighted by Gasteiger charge is 2.13. The van der Waals surface area contributed by atoms with Crippen molar-refractivity contribution in [3.8, 4) is 11.3 Å². The highest BCUT2D eigenvalue weighted by molar-refractivity contribution is 5.84.